The number of carbonyl (C=O) groups excluding carboxylic acids is 2. The monoisotopic (exact) mass is 619 g/mol. The smallest absolute Gasteiger partial charge is 0.295 e. The summed E-state index contributed by atoms with van der Waals surface area (Å²) in [7, 11) is -3.72. The molecule has 5 rings (SSSR count). The number of sulfonamides is 1. The molecule has 3 fully saturated rings. The molecule has 1 atom stereocenters. The Morgan fingerprint density at radius 1 is 0.923 bits per heavy atom. The predicted octanol–water partition coefficient (Wildman–Crippen LogP) is 2.22. The van der Waals surface area contributed by atoms with Crippen molar-refractivity contribution in [2.24, 2.45) is 0 Å². The van der Waals surface area contributed by atoms with Gasteiger partial charge in [-0.05, 0) is 42.0 Å². The van der Waals surface area contributed by atoms with E-state index in [0.717, 1.165) is 17.6 Å². The van der Waals surface area contributed by atoms with Gasteiger partial charge in [-0.25, -0.2) is 8.42 Å². The van der Waals surface area contributed by atoms with Crippen molar-refractivity contribution in [2.45, 2.75) is 10.9 Å². The van der Waals surface area contributed by atoms with E-state index in [9.17, 15) is 23.1 Å². The Morgan fingerprint density at radius 2 is 1.56 bits per heavy atom. The largest absolute Gasteiger partial charge is 0.507 e. The molecular formula is C27H30BrN3O7S. The second kappa shape index (κ2) is 11.9. The SMILES string of the molecule is O=C1C(=O)N(CCN2CCOCC2)[C@@H](c2cccc(Br)c2)C1=C(O)c1ccc(S(=O)(=O)N2CCOCC2)cc1. The molecule has 2 aromatic carbocycles. The minimum absolute atomic E-state index is 0.0242. The fourth-order valence-corrected chi connectivity index (χ4v) is 6.91. The molecule has 3 heterocycles. The van der Waals surface area contributed by atoms with Crippen LogP contribution >= 0.6 is 15.9 Å². The summed E-state index contributed by atoms with van der Waals surface area (Å²) < 4.78 is 38.8. The van der Waals surface area contributed by atoms with Crippen LogP contribution in [0.5, 0.6) is 0 Å². The molecule has 0 unspecified atom stereocenters. The highest BCUT2D eigenvalue weighted by Gasteiger charge is 2.46. The Bertz CT molecular complexity index is 1370. The number of Topliss-reactive ketones (excluding diaryl/α,β-unsaturated/α-hetero) is 1. The molecule has 0 bridgehead atoms. The maximum absolute atomic E-state index is 13.3. The molecule has 0 aliphatic carbocycles. The highest BCUT2D eigenvalue weighted by Crippen LogP contribution is 2.40. The third-order valence-electron chi connectivity index (χ3n) is 7.20. The number of hydrogen-bond donors (Lipinski definition) is 1. The van der Waals surface area contributed by atoms with Crippen molar-refractivity contribution in [1.82, 2.24) is 14.1 Å². The molecular weight excluding hydrogens is 590 g/mol. The molecule has 10 nitrogen and oxygen atoms in total. The maximum Gasteiger partial charge on any atom is 0.295 e. The third kappa shape index (κ3) is 5.81. The Hall–Kier alpha value is -2.61. The fraction of sp³-hybridized carbons (Fsp3) is 0.407. The highest BCUT2D eigenvalue weighted by molar-refractivity contribution is 9.10. The minimum Gasteiger partial charge on any atom is -0.507 e. The number of likely N-dealkylation sites (tertiary alicyclic amines) is 1. The van der Waals surface area contributed by atoms with Crippen molar-refractivity contribution in [3.05, 3.63) is 69.7 Å². The van der Waals surface area contributed by atoms with Crippen LogP contribution in [0.4, 0.5) is 0 Å². The first-order valence-electron chi connectivity index (χ1n) is 12.8. The van der Waals surface area contributed by atoms with Crippen LogP contribution in [0.2, 0.25) is 0 Å². The summed E-state index contributed by atoms with van der Waals surface area (Å²) in [5, 5.41) is 11.4. The van der Waals surface area contributed by atoms with Crippen LogP contribution in [0.1, 0.15) is 17.2 Å². The number of hydrogen-bond acceptors (Lipinski definition) is 8. The van der Waals surface area contributed by atoms with Crippen LogP contribution in [0, 0.1) is 0 Å². The number of halogens is 1. The average molecular weight is 621 g/mol. The lowest BCUT2D eigenvalue weighted by atomic mass is 9.95. The Kier molecular flexibility index (Phi) is 8.50. The first kappa shape index (κ1) is 27.9. The van der Waals surface area contributed by atoms with E-state index in [4.69, 9.17) is 9.47 Å². The van der Waals surface area contributed by atoms with Gasteiger partial charge >= 0.3 is 0 Å². The summed E-state index contributed by atoms with van der Waals surface area (Å²) in [6, 6.07) is 12.2. The van der Waals surface area contributed by atoms with Gasteiger partial charge in [-0.1, -0.05) is 28.1 Å². The third-order valence-corrected chi connectivity index (χ3v) is 9.61. The molecule has 2 aromatic rings. The molecule has 3 saturated heterocycles. The number of aliphatic hydroxyl groups excluding tert-OH is 1. The zero-order chi connectivity index (χ0) is 27.6. The molecule has 208 valence electrons. The fourth-order valence-electron chi connectivity index (χ4n) is 5.08. The predicted molar refractivity (Wildman–Crippen MR) is 146 cm³/mol. The lowest BCUT2D eigenvalue weighted by Gasteiger charge is -2.31. The van der Waals surface area contributed by atoms with E-state index in [1.807, 2.05) is 24.3 Å². The number of carbonyl (C=O) groups is 2. The van der Waals surface area contributed by atoms with Crippen LogP contribution < -0.4 is 0 Å². The quantitative estimate of drug-likeness (QED) is 0.285. The molecule has 0 saturated carbocycles. The molecule has 0 spiro atoms. The van der Waals surface area contributed by atoms with E-state index in [0.29, 0.717) is 45.1 Å². The average Bonchev–Trinajstić information content (AvgIpc) is 3.22. The van der Waals surface area contributed by atoms with Gasteiger partial charge in [0.1, 0.15) is 5.76 Å². The second-order valence-electron chi connectivity index (χ2n) is 9.54. The van der Waals surface area contributed by atoms with Gasteiger partial charge in [0.15, 0.2) is 0 Å². The minimum atomic E-state index is -3.72. The molecule has 12 heteroatoms. The van der Waals surface area contributed by atoms with Crippen molar-refractivity contribution >= 4 is 43.4 Å². The number of amides is 1. The molecule has 3 aliphatic rings. The number of nitrogens with zero attached hydrogens (tertiary/aromatic N) is 3. The van der Waals surface area contributed by atoms with E-state index < -0.39 is 27.8 Å². The molecule has 0 aromatic heterocycles. The van der Waals surface area contributed by atoms with E-state index in [1.165, 1.54) is 33.5 Å². The van der Waals surface area contributed by atoms with E-state index in [-0.39, 0.29) is 34.9 Å². The maximum atomic E-state index is 13.3. The van der Waals surface area contributed by atoms with Gasteiger partial charge in [-0.15, -0.1) is 0 Å². The van der Waals surface area contributed by atoms with E-state index >= 15 is 0 Å². The van der Waals surface area contributed by atoms with Gasteiger partial charge in [0.05, 0.1) is 42.9 Å². The van der Waals surface area contributed by atoms with Gasteiger partial charge in [0.25, 0.3) is 11.7 Å². The Labute approximate surface area is 236 Å². The zero-order valence-corrected chi connectivity index (χ0v) is 23.7. The first-order chi connectivity index (χ1) is 18.8. The number of ketones is 1. The Balaban J connectivity index is 1.48. The van der Waals surface area contributed by atoms with Gasteiger partial charge in [-0.3, -0.25) is 14.5 Å². The van der Waals surface area contributed by atoms with Crippen molar-refractivity contribution in [1.29, 1.82) is 0 Å². The number of morpholine rings is 2. The van der Waals surface area contributed by atoms with Gasteiger partial charge in [0, 0.05) is 49.3 Å². The van der Waals surface area contributed by atoms with E-state index in [2.05, 4.69) is 20.8 Å². The number of benzene rings is 2. The molecule has 3 aliphatic heterocycles. The topological polar surface area (TPSA) is 117 Å². The summed E-state index contributed by atoms with van der Waals surface area (Å²) in [5.41, 5.74) is 0.907. The van der Waals surface area contributed by atoms with E-state index in [1.54, 1.807) is 0 Å². The highest BCUT2D eigenvalue weighted by atomic mass is 79.9. The van der Waals surface area contributed by atoms with Crippen molar-refractivity contribution in [3.8, 4) is 0 Å². The standard InChI is InChI=1S/C27H30BrN3O7S/c28-21-3-1-2-20(18-21)24-23(26(33)27(34)31(24)9-8-29-10-14-37-15-11-29)25(32)19-4-6-22(7-5-19)39(35,36)30-12-16-38-17-13-30/h1-7,18,24,32H,8-17H2/t24-/m0/s1. The summed E-state index contributed by atoms with van der Waals surface area (Å²) >= 11 is 3.46. The lowest BCUT2D eigenvalue weighted by Crippen LogP contribution is -2.42. The van der Waals surface area contributed by atoms with Crippen LogP contribution in [0.25, 0.3) is 5.76 Å². The number of ether oxygens (including phenoxy) is 2. The van der Waals surface area contributed by atoms with Crippen molar-refractivity contribution in [2.75, 3.05) is 65.7 Å². The number of rotatable bonds is 7. The zero-order valence-electron chi connectivity index (χ0n) is 21.3. The van der Waals surface area contributed by atoms with Crippen LogP contribution in [-0.2, 0) is 29.1 Å². The van der Waals surface area contributed by atoms with Crippen molar-refractivity contribution in [3.63, 3.8) is 0 Å². The summed E-state index contributed by atoms with van der Waals surface area (Å²) in [6.45, 7) is 4.78. The van der Waals surface area contributed by atoms with Crippen LogP contribution in [-0.4, -0.2) is 105 Å². The summed E-state index contributed by atoms with van der Waals surface area (Å²) in [6.07, 6.45) is 0. The Morgan fingerprint density at radius 3 is 2.21 bits per heavy atom. The van der Waals surface area contributed by atoms with Gasteiger partial charge in [0.2, 0.25) is 10.0 Å². The van der Waals surface area contributed by atoms with Gasteiger partial charge < -0.3 is 19.5 Å². The van der Waals surface area contributed by atoms with Gasteiger partial charge in [-0.2, -0.15) is 4.31 Å². The first-order valence-corrected chi connectivity index (χ1v) is 15.0. The normalized spacial score (nSPS) is 22.9. The van der Waals surface area contributed by atoms with Crippen molar-refractivity contribution < 1.29 is 32.6 Å². The lowest BCUT2D eigenvalue weighted by molar-refractivity contribution is -0.140. The second-order valence-corrected chi connectivity index (χ2v) is 12.4. The van der Waals surface area contributed by atoms with Crippen LogP contribution in [0.15, 0.2) is 63.5 Å². The summed E-state index contributed by atoms with van der Waals surface area (Å²) in [4.78, 5) is 30.3. The summed E-state index contributed by atoms with van der Waals surface area (Å²) in [5.74, 6) is -1.80. The van der Waals surface area contributed by atoms with Crippen LogP contribution in [0.3, 0.4) is 0 Å². The molecule has 1 N–H and O–H groups in total. The molecule has 0 radical (unpaired) electrons. The number of aliphatic hydroxyl groups is 1. The molecule has 39 heavy (non-hydrogen) atoms. The molecule has 1 amide bonds.